The molecule has 0 spiro atoms. The maximum atomic E-state index is 15.6. The SMILES string of the molecule is CNC(=O)[C@@H]1C[C@@H](F)C[N+]1(C)C1(c2ccccc2OC)C(=O)N(S(=O)(=O)c2cc(OCC(F)(F)F)ccc2OCC(F)(F)F)c2ccc(Cl)cc21. The Bertz CT molecular complexity index is 1960. The summed E-state index contributed by atoms with van der Waals surface area (Å²) in [5.41, 5.74) is -2.88. The van der Waals surface area contributed by atoms with Crippen molar-refractivity contribution < 1.29 is 67.4 Å². The van der Waals surface area contributed by atoms with E-state index in [1.165, 1.54) is 57.6 Å². The molecule has 2 amide bonds. The fraction of sp³-hybridized carbons (Fsp3) is 0.375. The van der Waals surface area contributed by atoms with Crippen LogP contribution >= 0.6 is 11.6 Å². The molecule has 0 radical (unpaired) electrons. The predicted molar refractivity (Wildman–Crippen MR) is 168 cm³/mol. The molecular formula is C32H30ClF7N3O7S+. The van der Waals surface area contributed by atoms with Crippen molar-refractivity contribution in [3.8, 4) is 17.2 Å². The van der Waals surface area contributed by atoms with Crippen molar-refractivity contribution in [3.05, 3.63) is 76.8 Å². The molecule has 3 aromatic carbocycles. The van der Waals surface area contributed by atoms with Crippen LogP contribution < -0.4 is 23.8 Å². The average Bonchev–Trinajstić information content (AvgIpc) is 3.51. The first-order chi connectivity index (χ1) is 23.7. The molecule has 2 aliphatic rings. The minimum absolute atomic E-state index is 0.0139. The summed E-state index contributed by atoms with van der Waals surface area (Å²) < 4.78 is 138. The quantitative estimate of drug-likeness (QED) is 0.214. The number of alkyl halides is 7. The van der Waals surface area contributed by atoms with E-state index in [1.807, 2.05) is 0 Å². The average molecular weight is 769 g/mol. The van der Waals surface area contributed by atoms with Gasteiger partial charge in [0.1, 0.15) is 28.7 Å². The molecule has 3 aromatic rings. The Balaban J connectivity index is 1.84. The van der Waals surface area contributed by atoms with Crippen LogP contribution in [0.25, 0.3) is 0 Å². The van der Waals surface area contributed by atoms with Gasteiger partial charge in [-0.25, -0.2) is 12.8 Å². The summed E-state index contributed by atoms with van der Waals surface area (Å²) in [5, 5.41) is 2.44. The van der Waals surface area contributed by atoms with E-state index in [9.17, 15) is 39.6 Å². The minimum atomic E-state index is -5.46. The fourth-order valence-corrected chi connectivity index (χ4v) is 8.66. The zero-order valence-electron chi connectivity index (χ0n) is 26.9. The third-order valence-electron chi connectivity index (χ3n) is 8.84. The van der Waals surface area contributed by atoms with E-state index < -0.39 is 105 Å². The van der Waals surface area contributed by atoms with Gasteiger partial charge in [-0.3, -0.25) is 14.1 Å². The molecule has 0 aliphatic carbocycles. The smallest absolute Gasteiger partial charge is 0.422 e. The highest BCUT2D eigenvalue weighted by Gasteiger charge is 2.72. The Morgan fingerprint density at radius 2 is 1.63 bits per heavy atom. The van der Waals surface area contributed by atoms with Gasteiger partial charge in [-0.15, -0.1) is 0 Å². The van der Waals surface area contributed by atoms with E-state index in [4.69, 9.17) is 21.1 Å². The molecule has 2 aliphatic heterocycles. The van der Waals surface area contributed by atoms with Crippen molar-refractivity contribution in [2.24, 2.45) is 0 Å². The first-order valence-corrected chi connectivity index (χ1v) is 16.8. The molecule has 1 saturated heterocycles. The molecule has 276 valence electrons. The number of fused-ring (bicyclic) bond motifs is 1. The molecular weight excluding hydrogens is 739 g/mol. The number of rotatable bonds is 10. The number of hydrogen-bond acceptors (Lipinski definition) is 7. The molecule has 19 heteroatoms. The Labute approximate surface area is 292 Å². The number of ether oxygens (including phenoxy) is 3. The van der Waals surface area contributed by atoms with E-state index in [0.29, 0.717) is 12.1 Å². The number of nitrogens with zero attached hydrogens (tertiary/aromatic N) is 2. The lowest BCUT2D eigenvalue weighted by molar-refractivity contribution is -0.953. The van der Waals surface area contributed by atoms with Crippen LogP contribution in [0.2, 0.25) is 5.02 Å². The molecule has 0 aromatic heterocycles. The van der Waals surface area contributed by atoms with E-state index in [-0.39, 0.29) is 26.2 Å². The number of carbonyl (C=O) groups is 2. The van der Waals surface area contributed by atoms with Crippen LogP contribution in [0.1, 0.15) is 17.5 Å². The first kappa shape index (κ1) is 38.0. The maximum Gasteiger partial charge on any atom is 0.422 e. The summed E-state index contributed by atoms with van der Waals surface area (Å²) in [5.74, 6) is -3.70. The summed E-state index contributed by atoms with van der Waals surface area (Å²) in [4.78, 5) is 27.6. The third-order valence-corrected chi connectivity index (χ3v) is 10.8. The number of halogens is 8. The zero-order chi connectivity index (χ0) is 37.7. The van der Waals surface area contributed by atoms with Crippen LogP contribution in [0.3, 0.4) is 0 Å². The second-order valence-electron chi connectivity index (χ2n) is 12.0. The Morgan fingerprint density at radius 3 is 2.25 bits per heavy atom. The molecule has 5 rings (SSSR count). The van der Waals surface area contributed by atoms with Crippen LogP contribution in [-0.2, 0) is 25.2 Å². The molecule has 0 saturated carbocycles. The summed E-state index contributed by atoms with van der Waals surface area (Å²) in [6.45, 7) is -4.41. The second kappa shape index (κ2) is 13.4. The molecule has 10 nitrogen and oxygen atoms in total. The zero-order valence-corrected chi connectivity index (χ0v) is 28.5. The number of hydrogen-bond donors (Lipinski definition) is 1. The van der Waals surface area contributed by atoms with Crippen molar-refractivity contribution in [2.75, 3.05) is 45.3 Å². The number of para-hydroxylation sites is 1. The van der Waals surface area contributed by atoms with E-state index in [1.54, 1.807) is 0 Å². The molecule has 2 unspecified atom stereocenters. The minimum Gasteiger partial charge on any atom is -0.496 e. The van der Waals surface area contributed by atoms with Crippen LogP contribution in [0.15, 0.2) is 65.6 Å². The molecule has 51 heavy (non-hydrogen) atoms. The van der Waals surface area contributed by atoms with Gasteiger partial charge in [0.15, 0.2) is 25.4 Å². The molecule has 1 fully saturated rings. The lowest BCUT2D eigenvalue weighted by atomic mass is 9.78. The van der Waals surface area contributed by atoms with Gasteiger partial charge in [0.25, 0.3) is 15.9 Å². The van der Waals surface area contributed by atoms with Gasteiger partial charge < -0.3 is 19.5 Å². The van der Waals surface area contributed by atoms with Gasteiger partial charge in [-0.1, -0.05) is 23.7 Å². The largest absolute Gasteiger partial charge is 0.496 e. The molecule has 2 heterocycles. The number of nitrogens with one attached hydrogen (secondary N) is 1. The highest BCUT2D eigenvalue weighted by atomic mass is 35.5. The van der Waals surface area contributed by atoms with Crippen molar-refractivity contribution in [2.45, 2.75) is 41.4 Å². The lowest BCUT2D eigenvalue weighted by Crippen LogP contribution is -2.69. The number of sulfonamides is 1. The van der Waals surface area contributed by atoms with Crippen molar-refractivity contribution in [1.82, 2.24) is 5.32 Å². The van der Waals surface area contributed by atoms with Gasteiger partial charge in [0.05, 0.1) is 31.0 Å². The summed E-state index contributed by atoms with van der Waals surface area (Å²) in [7, 11) is -1.52. The van der Waals surface area contributed by atoms with Crippen LogP contribution in [0.5, 0.6) is 17.2 Å². The highest BCUT2D eigenvalue weighted by molar-refractivity contribution is 7.93. The third kappa shape index (κ3) is 6.64. The number of quaternary nitrogens is 1. The number of carbonyl (C=O) groups excluding carboxylic acids is 2. The number of methoxy groups -OCH3 is 1. The number of anilines is 1. The first-order valence-electron chi connectivity index (χ1n) is 15.0. The summed E-state index contributed by atoms with van der Waals surface area (Å²) >= 11 is 6.44. The second-order valence-corrected chi connectivity index (χ2v) is 14.2. The summed E-state index contributed by atoms with van der Waals surface area (Å²) in [6.07, 6.45) is -11.9. The highest BCUT2D eigenvalue weighted by Crippen LogP contribution is 2.58. The van der Waals surface area contributed by atoms with E-state index in [2.05, 4.69) is 10.1 Å². The van der Waals surface area contributed by atoms with Gasteiger partial charge in [0.2, 0.25) is 5.54 Å². The van der Waals surface area contributed by atoms with Crippen LogP contribution in [-0.4, -0.2) is 90.2 Å². The Hall–Kier alpha value is -4.29. The lowest BCUT2D eigenvalue weighted by Gasteiger charge is -2.48. The molecule has 4 atom stereocenters. The molecule has 1 N–H and O–H groups in total. The standard InChI is InChI=1S/C32H29ClF7N3O7S/c1-41-28(44)24-13-19(34)15-43(24,2)32(21-6-4-5-7-25(21)48-3)22-12-18(33)8-10-23(22)42(29(32)45)51(46,47)27-14-20(49-16-30(35,36)37)9-11-26(27)50-17-31(38,39)40/h4-12,14,19,24H,13,15-17H2,1-3H3/p+1/t19-,24+,32?,43?/m1/s1. The molecule has 0 bridgehead atoms. The topological polar surface area (TPSA) is 111 Å². The number of likely N-dealkylation sites (N-methyl/N-ethyl adjacent to an activating group) is 2. The van der Waals surface area contributed by atoms with Gasteiger partial charge >= 0.3 is 18.3 Å². The monoisotopic (exact) mass is 768 g/mol. The number of likely N-dealkylation sites (tertiary alicyclic amines) is 1. The maximum absolute atomic E-state index is 15.6. The fourth-order valence-electron chi connectivity index (χ4n) is 6.87. The van der Waals surface area contributed by atoms with Crippen LogP contribution in [0, 0.1) is 0 Å². The van der Waals surface area contributed by atoms with E-state index in [0.717, 1.165) is 12.1 Å². The summed E-state index contributed by atoms with van der Waals surface area (Å²) in [6, 6.07) is 10.1. The van der Waals surface area contributed by atoms with Crippen molar-refractivity contribution in [3.63, 3.8) is 0 Å². The van der Waals surface area contributed by atoms with Gasteiger partial charge in [-0.05, 0) is 42.5 Å². The Kier molecular flexibility index (Phi) is 9.94. The van der Waals surface area contributed by atoms with Crippen molar-refractivity contribution in [1.29, 1.82) is 0 Å². The van der Waals surface area contributed by atoms with E-state index >= 15 is 9.18 Å². The Morgan fingerprint density at radius 1 is 0.980 bits per heavy atom. The van der Waals surface area contributed by atoms with Crippen molar-refractivity contribution >= 4 is 39.1 Å². The predicted octanol–water partition coefficient (Wildman–Crippen LogP) is 5.51. The van der Waals surface area contributed by atoms with Crippen LogP contribution in [0.4, 0.5) is 36.4 Å². The van der Waals surface area contributed by atoms with Gasteiger partial charge in [-0.2, -0.15) is 30.6 Å². The number of benzene rings is 3. The van der Waals surface area contributed by atoms with Gasteiger partial charge in [0, 0.05) is 24.6 Å². The number of amides is 2. The normalized spacial score (nSPS) is 23.6.